The Kier molecular flexibility index (Phi) is 5.53. The van der Waals surface area contributed by atoms with Gasteiger partial charge in [0.15, 0.2) is 0 Å². The average Bonchev–Trinajstić information content (AvgIpc) is 3.03. The molecule has 0 saturated heterocycles. The van der Waals surface area contributed by atoms with Crippen LogP contribution >= 0.6 is 0 Å². The smallest absolute Gasteiger partial charge is 0.134 e. The Morgan fingerprint density at radius 1 is 1.12 bits per heavy atom. The number of ether oxygens (including phenoxy) is 2. The van der Waals surface area contributed by atoms with E-state index in [0.717, 1.165) is 22.5 Å². The number of benzene rings is 2. The predicted molar refractivity (Wildman–Crippen MR) is 92.4 cm³/mol. The lowest BCUT2D eigenvalue weighted by Crippen LogP contribution is -2.31. The number of hydrogen-bond donors (Lipinski definition) is 2. The van der Waals surface area contributed by atoms with E-state index in [9.17, 15) is 9.50 Å². The van der Waals surface area contributed by atoms with Crippen molar-refractivity contribution in [3.63, 3.8) is 0 Å². The quantitative estimate of drug-likeness (QED) is 0.657. The number of furan rings is 1. The number of nitrogens with one attached hydrogen (secondary N) is 1. The molecule has 25 heavy (non-hydrogen) atoms. The summed E-state index contributed by atoms with van der Waals surface area (Å²) >= 11 is 0. The second-order valence-corrected chi connectivity index (χ2v) is 5.67. The molecule has 1 unspecified atom stereocenters. The Bertz CT molecular complexity index is 816. The van der Waals surface area contributed by atoms with Crippen LogP contribution in [-0.2, 0) is 6.54 Å². The Balaban J connectivity index is 1.44. The minimum Gasteiger partial charge on any atom is -0.497 e. The van der Waals surface area contributed by atoms with Crippen molar-refractivity contribution in [2.45, 2.75) is 12.6 Å². The second-order valence-electron chi connectivity index (χ2n) is 5.67. The summed E-state index contributed by atoms with van der Waals surface area (Å²) in [5.41, 5.74) is 0.790. The Labute approximate surface area is 145 Å². The van der Waals surface area contributed by atoms with E-state index < -0.39 is 6.10 Å². The molecule has 0 radical (unpaired) electrons. The number of rotatable bonds is 8. The van der Waals surface area contributed by atoms with Crippen LogP contribution in [0, 0.1) is 5.82 Å². The van der Waals surface area contributed by atoms with Crippen molar-refractivity contribution in [2.24, 2.45) is 0 Å². The summed E-state index contributed by atoms with van der Waals surface area (Å²) in [5, 5.41) is 14.0. The van der Waals surface area contributed by atoms with Crippen LogP contribution in [0.15, 0.2) is 52.9 Å². The highest BCUT2D eigenvalue weighted by Crippen LogP contribution is 2.24. The molecule has 6 heteroatoms. The van der Waals surface area contributed by atoms with Crippen molar-refractivity contribution in [3.8, 4) is 11.5 Å². The van der Waals surface area contributed by atoms with Gasteiger partial charge in [0.25, 0.3) is 0 Å². The number of aliphatic hydroxyl groups excluding tert-OH is 1. The van der Waals surface area contributed by atoms with E-state index in [1.807, 2.05) is 24.3 Å². The number of fused-ring (bicyclic) bond motifs is 1. The van der Waals surface area contributed by atoms with Crippen LogP contribution in [0.1, 0.15) is 5.76 Å². The first-order chi connectivity index (χ1) is 12.1. The van der Waals surface area contributed by atoms with Crippen molar-refractivity contribution < 1.29 is 23.4 Å². The fourth-order valence-electron chi connectivity index (χ4n) is 2.43. The monoisotopic (exact) mass is 345 g/mol. The number of methoxy groups -OCH3 is 1. The van der Waals surface area contributed by atoms with E-state index >= 15 is 0 Å². The molecular formula is C19H20FNO4. The zero-order valence-corrected chi connectivity index (χ0v) is 13.9. The molecule has 0 amide bonds. The van der Waals surface area contributed by atoms with Crippen molar-refractivity contribution in [1.82, 2.24) is 5.32 Å². The maximum absolute atomic E-state index is 12.8. The van der Waals surface area contributed by atoms with Gasteiger partial charge < -0.3 is 24.3 Å². The van der Waals surface area contributed by atoms with E-state index in [1.54, 1.807) is 7.11 Å². The van der Waals surface area contributed by atoms with E-state index in [-0.39, 0.29) is 12.4 Å². The van der Waals surface area contributed by atoms with Crippen molar-refractivity contribution >= 4 is 11.0 Å². The number of hydrogen-bond acceptors (Lipinski definition) is 5. The van der Waals surface area contributed by atoms with Crippen molar-refractivity contribution in [1.29, 1.82) is 0 Å². The van der Waals surface area contributed by atoms with Crippen molar-refractivity contribution in [3.05, 3.63) is 60.1 Å². The Hall–Kier alpha value is -2.57. The van der Waals surface area contributed by atoms with Gasteiger partial charge in [-0.25, -0.2) is 4.39 Å². The Morgan fingerprint density at radius 3 is 2.64 bits per heavy atom. The summed E-state index contributed by atoms with van der Waals surface area (Å²) in [6.45, 7) is 0.960. The molecule has 2 aromatic carbocycles. The minimum atomic E-state index is -0.686. The molecule has 0 aliphatic heterocycles. The molecule has 0 aliphatic rings. The van der Waals surface area contributed by atoms with E-state index in [2.05, 4.69) is 5.32 Å². The molecule has 0 aliphatic carbocycles. The van der Waals surface area contributed by atoms with Crippen LogP contribution in [0.4, 0.5) is 4.39 Å². The van der Waals surface area contributed by atoms with Crippen molar-refractivity contribution in [2.75, 3.05) is 20.3 Å². The van der Waals surface area contributed by atoms with Gasteiger partial charge in [0.2, 0.25) is 0 Å². The molecule has 0 saturated carbocycles. The van der Waals surface area contributed by atoms with Gasteiger partial charge in [-0.15, -0.1) is 0 Å². The predicted octanol–water partition coefficient (Wildman–Crippen LogP) is 3.11. The van der Waals surface area contributed by atoms with Gasteiger partial charge in [-0.1, -0.05) is 0 Å². The topological polar surface area (TPSA) is 63.9 Å². The van der Waals surface area contributed by atoms with Gasteiger partial charge in [0.05, 0.1) is 13.7 Å². The molecule has 5 nitrogen and oxygen atoms in total. The highest BCUT2D eigenvalue weighted by atomic mass is 19.1. The number of aliphatic hydroxyl groups is 1. The molecule has 0 bridgehead atoms. The standard InChI is InChI=1S/C19H20FNO4/c1-23-17-6-7-19-13(8-17)9-18(25-19)11-21-10-15(22)12-24-16-4-2-14(20)3-5-16/h2-9,15,21-22H,10-12H2,1H3. The average molecular weight is 345 g/mol. The van der Waals surface area contributed by atoms with E-state index in [4.69, 9.17) is 13.9 Å². The fourth-order valence-corrected chi connectivity index (χ4v) is 2.43. The van der Waals surface area contributed by atoms with Gasteiger partial charge in [-0.3, -0.25) is 0 Å². The normalized spacial score (nSPS) is 12.3. The maximum Gasteiger partial charge on any atom is 0.134 e. The van der Waals surface area contributed by atoms with Gasteiger partial charge >= 0.3 is 0 Å². The number of halogens is 1. The first-order valence-electron chi connectivity index (χ1n) is 7.97. The van der Waals surface area contributed by atoms with Crippen LogP contribution in [0.3, 0.4) is 0 Å². The lowest BCUT2D eigenvalue weighted by atomic mass is 10.2. The summed E-state index contributed by atoms with van der Waals surface area (Å²) in [5.74, 6) is 1.75. The molecule has 1 aromatic heterocycles. The summed E-state index contributed by atoms with van der Waals surface area (Å²) < 4.78 is 29.1. The zero-order chi connectivity index (χ0) is 17.6. The lowest BCUT2D eigenvalue weighted by molar-refractivity contribution is 0.106. The first-order valence-corrected chi connectivity index (χ1v) is 7.97. The summed E-state index contributed by atoms with van der Waals surface area (Å²) in [7, 11) is 1.62. The molecule has 1 atom stereocenters. The molecule has 0 spiro atoms. The third-order valence-electron chi connectivity index (χ3n) is 3.71. The highest BCUT2D eigenvalue weighted by Gasteiger charge is 2.08. The fraction of sp³-hybridized carbons (Fsp3) is 0.263. The molecule has 132 valence electrons. The van der Waals surface area contributed by atoms with Gasteiger partial charge in [0.1, 0.15) is 41.4 Å². The van der Waals surface area contributed by atoms with Crippen LogP contribution < -0.4 is 14.8 Å². The van der Waals surface area contributed by atoms with Crippen LogP contribution in [-0.4, -0.2) is 31.5 Å². The lowest BCUT2D eigenvalue weighted by Gasteiger charge is -2.12. The molecular weight excluding hydrogens is 325 g/mol. The summed E-state index contributed by atoms with van der Waals surface area (Å²) in [4.78, 5) is 0. The SMILES string of the molecule is COc1ccc2oc(CNCC(O)COc3ccc(F)cc3)cc2c1. The second kappa shape index (κ2) is 8.00. The van der Waals surface area contributed by atoms with Gasteiger partial charge in [-0.2, -0.15) is 0 Å². The third kappa shape index (κ3) is 4.71. The molecule has 3 rings (SSSR count). The first kappa shape index (κ1) is 17.3. The summed E-state index contributed by atoms with van der Waals surface area (Å²) in [6.07, 6.45) is -0.686. The highest BCUT2D eigenvalue weighted by molar-refractivity contribution is 5.79. The van der Waals surface area contributed by atoms with Gasteiger partial charge in [0, 0.05) is 11.9 Å². The largest absolute Gasteiger partial charge is 0.497 e. The maximum atomic E-state index is 12.8. The molecule has 3 aromatic rings. The van der Waals surface area contributed by atoms with Crippen LogP contribution in [0.2, 0.25) is 0 Å². The molecule has 0 fully saturated rings. The van der Waals surface area contributed by atoms with E-state index in [1.165, 1.54) is 24.3 Å². The summed E-state index contributed by atoms with van der Waals surface area (Å²) in [6, 6.07) is 13.2. The Morgan fingerprint density at radius 2 is 1.88 bits per heavy atom. The molecule has 1 heterocycles. The minimum absolute atomic E-state index is 0.121. The molecule has 2 N–H and O–H groups in total. The van der Waals surface area contributed by atoms with Crippen LogP contribution in [0.5, 0.6) is 11.5 Å². The zero-order valence-electron chi connectivity index (χ0n) is 13.9. The third-order valence-corrected chi connectivity index (χ3v) is 3.71. The van der Waals surface area contributed by atoms with Crippen LogP contribution in [0.25, 0.3) is 11.0 Å². The van der Waals surface area contributed by atoms with Gasteiger partial charge in [-0.05, 0) is 48.5 Å². The van der Waals surface area contributed by atoms with E-state index in [0.29, 0.717) is 18.8 Å².